The lowest BCUT2D eigenvalue weighted by Crippen LogP contribution is -2.17. The first kappa shape index (κ1) is 14.3. The maximum absolute atomic E-state index is 13.7. The van der Waals surface area contributed by atoms with Crippen molar-refractivity contribution >= 4 is 21.4 Å². The van der Waals surface area contributed by atoms with Crippen molar-refractivity contribution in [3.8, 4) is 0 Å². The second kappa shape index (κ2) is 5.12. The summed E-state index contributed by atoms with van der Waals surface area (Å²) in [7, 11) is -2.42. The van der Waals surface area contributed by atoms with Gasteiger partial charge < -0.3 is 5.73 Å². The number of halogens is 1. The molecule has 0 spiro atoms. The lowest BCUT2D eigenvalue weighted by atomic mass is 10.3. The van der Waals surface area contributed by atoms with Gasteiger partial charge in [0.15, 0.2) is 0 Å². The summed E-state index contributed by atoms with van der Waals surface area (Å²) >= 11 is 0. The summed E-state index contributed by atoms with van der Waals surface area (Å²) < 4.78 is 42.0. The second-order valence-corrected chi connectivity index (χ2v) is 5.90. The fourth-order valence-corrected chi connectivity index (χ4v) is 3.15. The van der Waals surface area contributed by atoms with Gasteiger partial charge in [-0.15, -0.1) is 0 Å². The number of nitrogen functional groups attached to an aromatic ring is 1. The van der Waals surface area contributed by atoms with Crippen molar-refractivity contribution < 1.29 is 12.8 Å². The third-order valence-corrected chi connectivity index (χ3v) is 4.21. The van der Waals surface area contributed by atoms with E-state index in [1.165, 1.54) is 23.0 Å². The van der Waals surface area contributed by atoms with Gasteiger partial charge in [0, 0.05) is 13.2 Å². The number of anilines is 2. The standard InChI is InChI=1S/C12H15FN4O2S/c1-3-10-11(7-17(2)15-10)16-20(18,19)12-8(13)5-4-6-9(12)14/h4-7,16H,3,14H2,1-2H3. The average Bonchev–Trinajstić information content (AvgIpc) is 2.67. The molecule has 0 unspecified atom stereocenters. The van der Waals surface area contributed by atoms with E-state index in [9.17, 15) is 12.8 Å². The molecule has 0 saturated heterocycles. The van der Waals surface area contributed by atoms with Crippen LogP contribution in [0.1, 0.15) is 12.6 Å². The number of sulfonamides is 1. The minimum atomic E-state index is -4.10. The molecule has 8 heteroatoms. The van der Waals surface area contributed by atoms with Crippen LogP contribution in [0.3, 0.4) is 0 Å². The van der Waals surface area contributed by atoms with Crippen LogP contribution in [0.4, 0.5) is 15.8 Å². The lowest BCUT2D eigenvalue weighted by Gasteiger charge is -2.10. The summed E-state index contributed by atoms with van der Waals surface area (Å²) in [6.07, 6.45) is 2.07. The average molecular weight is 298 g/mol. The number of aryl methyl sites for hydroxylation is 2. The van der Waals surface area contributed by atoms with Crippen molar-refractivity contribution in [1.82, 2.24) is 9.78 Å². The van der Waals surface area contributed by atoms with Crippen LogP contribution in [0.5, 0.6) is 0 Å². The van der Waals surface area contributed by atoms with E-state index in [1.807, 2.05) is 6.92 Å². The van der Waals surface area contributed by atoms with E-state index >= 15 is 0 Å². The molecular formula is C12H15FN4O2S. The van der Waals surface area contributed by atoms with Gasteiger partial charge in [0.25, 0.3) is 10.0 Å². The quantitative estimate of drug-likeness (QED) is 0.837. The lowest BCUT2D eigenvalue weighted by molar-refractivity contribution is 0.572. The largest absolute Gasteiger partial charge is 0.398 e. The molecule has 2 rings (SSSR count). The van der Waals surface area contributed by atoms with Crippen molar-refractivity contribution in [2.45, 2.75) is 18.2 Å². The molecule has 0 aliphatic rings. The highest BCUT2D eigenvalue weighted by molar-refractivity contribution is 7.92. The first-order valence-electron chi connectivity index (χ1n) is 5.94. The Labute approximate surface area is 116 Å². The molecule has 0 aliphatic heterocycles. The molecule has 0 radical (unpaired) electrons. The van der Waals surface area contributed by atoms with Crippen LogP contribution in [0.15, 0.2) is 29.3 Å². The Bertz CT molecular complexity index is 720. The molecular weight excluding hydrogens is 283 g/mol. The van der Waals surface area contributed by atoms with Crippen LogP contribution >= 0.6 is 0 Å². The smallest absolute Gasteiger partial charge is 0.266 e. The number of benzene rings is 1. The fraction of sp³-hybridized carbons (Fsp3) is 0.250. The molecule has 1 heterocycles. The van der Waals surface area contributed by atoms with E-state index in [4.69, 9.17) is 5.73 Å². The van der Waals surface area contributed by atoms with Crippen LogP contribution in [0, 0.1) is 5.82 Å². The SMILES string of the molecule is CCc1nn(C)cc1NS(=O)(=O)c1c(N)cccc1F. The van der Waals surface area contributed by atoms with Gasteiger partial charge in [-0.3, -0.25) is 9.40 Å². The van der Waals surface area contributed by atoms with Gasteiger partial charge in [-0.2, -0.15) is 5.10 Å². The number of hydrogen-bond acceptors (Lipinski definition) is 4. The number of nitrogens with two attached hydrogens (primary N) is 1. The molecule has 108 valence electrons. The zero-order valence-electron chi connectivity index (χ0n) is 11.1. The zero-order valence-corrected chi connectivity index (χ0v) is 11.9. The van der Waals surface area contributed by atoms with Crippen LogP contribution in [-0.2, 0) is 23.5 Å². The normalized spacial score (nSPS) is 11.6. The molecule has 0 saturated carbocycles. The second-order valence-electron chi connectivity index (χ2n) is 4.28. The van der Waals surface area contributed by atoms with Crippen LogP contribution in [-0.4, -0.2) is 18.2 Å². The predicted octanol–water partition coefficient (Wildman–Crippen LogP) is 1.50. The first-order chi connectivity index (χ1) is 9.35. The summed E-state index contributed by atoms with van der Waals surface area (Å²) in [5.74, 6) is -0.889. The monoisotopic (exact) mass is 298 g/mol. The third-order valence-electron chi connectivity index (χ3n) is 2.75. The molecule has 2 aromatic rings. The number of nitrogens with one attached hydrogen (secondary N) is 1. The predicted molar refractivity (Wildman–Crippen MR) is 74.2 cm³/mol. The molecule has 0 fully saturated rings. The van der Waals surface area contributed by atoms with Gasteiger partial charge in [0.1, 0.15) is 10.7 Å². The van der Waals surface area contributed by atoms with E-state index in [1.54, 1.807) is 7.05 Å². The first-order valence-corrected chi connectivity index (χ1v) is 7.42. The molecule has 1 aromatic carbocycles. The van der Waals surface area contributed by atoms with Gasteiger partial charge in [-0.05, 0) is 18.6 Å². The highest BCUT2D eigenvalue weighted by Gasteiger charge is 2.23. The number of rotatable bonds is 4. The van der Waals surface area contributed by atoms with Crippen molar-refractivity contribution in [1.29, 1.82) is 0 Å². The van der Waals surface area contributed by atoms with Gasteiger partial charge >= 0.3 is 0 Å². The van der Waals surface area contributed by atoms with E-state index in [0.29, 0.717) is 17.8 Å². The van der Waals surface area contributed by atoms with Crippen LogP contribution in [0.25, 0.3) is 0 Å². The minimum absolute atomic E-state index is 0.139. The highest BCUT2D eigenvalue weighted by atomic mass is 32.2. The Morgan fingerprint density at radius 2 is 2.15 bits per heavy atom. The summed E-state index contributed by atoms with van der Waals surface area (Å²) in [6.45, 7) is 1.84. The zero-order chi connectivity index (χ0) is 14.9. The third kappa shape index (κ3) is 2.60. The topological polar surface area (TPSA) is 90.0 Å². The molecule has 1 aromatic heterocycles. The Kier molecular flexibility index (Phi) is 3.67. The summed E-state index contributed by atoms with van der Waals surface area (Å²) in [5.41, 5.74) is 6.31. The Hall–Kier alpha value is -2.09. The van der Waals surface area contributed by atoms with E-state index in [0.717, 1.165) is 6.07 Å². The highest BCUT2D eigenvalue weighted by Crippen LogP contribution is 2.25. The number of hydrogen-bond donors (Lipinski definition) is 2. The van der Waals surface area contributed by atoms with Gasteiger partial charge in [-0.25, -0.2) is 12.8 Å². The molecule has 0 aliphatic carbocycles. The van der Waals surface area contributed by atoms with Crippen molar-refractivity contribution in [2.75, 3.05) is 10.5 Å². The molecule has 0 bridgehead atoms. The van der Waals surface area contributed by atoms with Crippen molar-refractivity contribution in [2.24, 2.45) is 7.05 Å². The van der Waals surface area contributed by atoms with E-state index in [2.05, 4.69) is 9.82 Å². The molecule has 3 N–H and O–H groups in total. The number of aromatic nitrogens is 2. The number of nitrogens with zero attached hydrogens (tertiary/aromatic N) is 2. The maximum atomic E-state index is 13.7. The van der Waals surface area contributed by atoms with E-state index in [-0.39, 0.29) is 5.69 Å². The Balaban J connectivity index is 2.46. The van der Waals surface area contributed by atoms with Crippen LogP contribution in [0.2, 0.25) is 0 Å². The summed E-state index contributed by atoms with van der Waals surface area (Å²) in [6, 6.07) is 3.74. The molecule has 0 amide bonds. The Morgan fingerprint density at radius 3 is 2.75 bits per heavy atom. The summed E-state index contributed by atoms with van der Waals surface area (Å²) in [4.78, 5) is -0.550. The molecule has 6 nitrogen and oxygen atoms in total. The van der Waals surface area contributed by atoms with Crippen molar-refractivity contribution in [3.63, 3.8) is 0 Å². The Morgan fingerprint density at radius 1 is 1.45 bits per heavy atom. The van der Waals surface area contributed by atoms with Crippen molar-refractivity contribution in [3.05, 3.63) is 35.9 Å². The molecule has 0 atom stereocenters. The molecule has 20 heavy (non-hydrogen) atoms. The minimum Gasteiger partial charge on any atom is -0.398 e. The van der Waals surface area contributed by atoms with Gasteiger partial charge in [0.2, 0.25) is 0 Å². The van der Waals surface area contributed by atoms with Gasteiger partial charge in [-0.1, -0.05) is 13.0 Å². The fourth-order valence-electron chi connectivity index (χ4n) is 1.89. The van der Waals surface area contributed by atoms with Gasteiger partial charge in [0.05, 0.1) is 17.1 Å². The van der Waals surface area contributed by atoms with E-state index < -0.39 is 20.7 Å². The van der Waals surface area contributed by atoms with Crippen LogP contribution < -0.4 is 10.5 Å². The summed E-state index contributed by atoms with van der Waals surface area (Å²) in [5, 5.41) is 4.12. The maximum Gasteiger partial charge on any atom is 0.266 e.